The van der Waals surface area contributed by atoms with E-state index < -0.39 is 0 Å². The minimum absolute atomic E-state index is 0.131. The van der Waals surface area contributed by atoms with Crippen LogP contribution in [-0.2, 0) is 0 Å². The predicted octanol–water partition coefficient (Wildman–Crippen LogP) is 2.11. The lowest BCUT2D eigenvalue weighted by atomic mass is 10.2. The molecule has 1 aromatic heterocycles. The number of aliphatic hydroxyl groups excluding tert-OH is 1. The van der Waals surface area contributed by atoms with Gasteiger partial charge in [0, 0.05) is 18.2 Å². The van der Waals surface area contributed by atoms with Gasteiger partial charge in [0.05, 0.1) is 0 Å². The summed E-state index contributed by atoms with van der Waals surface area (Å²) >= 11 is 1.45. The second kappa shape index (κ2) is 5.36. The number of rotatable bonds is 4. The van der Waals surface area contributed by atoms with Crippen LogP contribution in [0.4, 0.5) is 0 Å². The molecule has 1 aromatic rings. The zero-order valence-corrected chi connectivity index (χ0v) is 11.6. The Labute approximate surface area is 117 Å². The Morgan fingerprint density at radius 3 is 2.84 bits per heavy atom. The second-order valence-electron chi connectivity index (χ2n) is 5.26. The summed E-state index contributed by atoms with van der Waals surface area (Å²) in [5, 5.41) is 10.7. The lowest BCUT2D eigenvalue weighted by Gasteiger charge is -2.21. The normalized spacial score (nSPS) is 17.7. The van der Waals surface area contributed by atoms with Gasteiger partial charge < -0.3 is 10.0 Å². The number of amides is 1. The standard InChI is InChI=1S/C15H17NO2S/c17-8-1-2-12-7-9-19-14(12)15(18)16(13-5-6-13)10-11-3-4-11/h7,9,11,13,17H,3-6,8,10H2. The van der Waals surface area contributed by atoms with Crippen LogP contribution in [0.5, 0.6) is 0 Å². The molecule has 1 amide bonds. The molecule has 0 bridgehead atoms. The highest BCUT2D eigenvalue weighted by atomic mass is 32.1. The molecule has 0 unspecified atom stereocenters. The summed E-state index contributed by atoms with van der Waals surface area (Å²) in [5.41, 5.74) is 0.755. The second-order valence-corrected chi connectivity index (χ2v) is 6.17. The molecule has 0 radical (unpaired) electrons. The Hall–Kier alpha value is -1.31. The van der Waals surface area contributed by atoms with E-state index in [0.29, 0.717) is 6.04 Å². The molecule has 3 nitrogen and oxygen atoms in total. The molecule has 19 heavy (non-hydrogen) atoms. The van der Waals surface area contributed by atoms with Crippen LogP contribution in [0.3, 0.4) is 0 Å². The molecule has 4 heteroatoms. The van der Waals surface area contributed by atoms with E-state index in [2.05, 4.69) is 11.8 Å². The van der Waals surface area contributed by atoms with Gasteiger partial charge in [0.2, 0.25) is 0 Å². The number of nitrogens with zero attached hydrogens (tertiary/aromatic N) is 1. The van der Waals surface area contributed by atoms with E-state index in [0.717, 1.165) is 35.7 Å². The number of carbonyl (C=O) groups is 1. The number of hydrogen-bond acceptors (Lipinski definition) is 3. The highest BCUT2D eigenvalue weighted by Gasteiger charge is 2.37. The zero-order chi connectivity index (χ0) is 13.2. The van der Waals surface area contributed by atoms with Gasteiger partial charge in [-0.3, -0.25) is 4.79 Å². The Morgan fingerprint density at radius 1 is 1.42 bits per heavy atom. The fraction of sp³-hybridized carbons (Fsp3) is 0.533. The van der Waals surface area contributed by atoms with Crippen LogP contribution < -0.4 is 0 Å². The first-order valence-corrected chi connectivity index (χ1v) is 7.65. The molecule has 0 aliphatic heterocycles. The van der Waals surface area contributed by atoms with E-state index in [1.54, 1.807) is 0 Å². The average molecular weight is 275 g/mol. The van der Waals surface area contributed by atoms with E-state index in [1.807, 2.05) is 16.3 Å². The molecule has 2 aliphatic carbocycles. The molecule has 1 heterocycles. The predicted molar refractivity (Wildman–Crippen MR) is 75.1 cm³/mol. The zero-order valence-electron chi connectivity index (χ0n) is 10.8. The average Bonchev–Trinajstić information content (AvgIpc) is 3.32. The number of carbonyl (C=O) groups excluding carboxylic acids is 1. The third-order valence-corrected chi connectivity index (χ3v) is 4.46. The third-order valence-electron chi connectivity index (χ3n) is 3.56. The summed E-state index contributed by atoms with van der Waals surface area (Å²) in [4.78, 5) is 15.4. The SMILES string of the molecule is O=C(c1sccc1C#CCO)N(CC1CC1)C1CC1. The lowest BCUT2D eigenvalue weighted by molar-refractivity contribution is 0.0739. The molecule has 2 aliphatic rings. The van der Waals surface area contributed by atoms with Crippen molar-refractivity contribution < 1.29 is 9.90 Å². The highest BCUT2D eigenvalue weighted by molar-refractivity contribution is 7.12. The monoisotopic (exact) mass is 275 g/mol. The number of thiophene rings is 1. The maximum atomic E-state index is 12.6. The molecule has 2 fully saturated rings. The first-order chi connectivity index (χ1) is 9.29. The van der Waals surface area contributed by atoms with Crippen LogP contribution in [-0.4, -0.2) is 35.1 Å². The molecular weight excluding hydrogens is 258 g/mol. The van der Waals surface area contributed by atoms with Gasteiger partial charge in [0.15, 0.2) is 0 Å². The quantitative estimate of drug-likeness (QED) is 0.855. The smallest absolute Gasteiger partial charge is 0.265 e. The van der Waals surface area contributed by atoms with E-state index in [9.17, 15) is 4.79 Å². The molecular formula is C15H17NO2S. The molecule has 0 aromatic carbocycles. The molecule has 3 rings (SSSR count). The van der Waals surface area contributed by atoms with Crippen molar-refractivity contribution >= 4 is 17.2 Å². The molecule has 0 saturated heterocycles. The Bertz CT molecular complexity index is 532. The first-order valence-electron chi connectivity index (χ1n) is 6.78. The van der Waals surface area contributed by atoms with Crippen molar-refractivity contribution in [3.8, 4) is 11.8 Å². The van der Waals surface area contributed by atoms with Crippen molar-refractivity contribution in [2.24, 2.45) is 5.92 Å². The summed E-state index contributed by atoms with van der Waals surface area (Å²) in [6, 6.07) is 2.32. The molecule has 0 spiro atoms. The van der Waals surface area contributed by atoms with Crippen LogP contribution >= 0.6 is 11.3 Å². The van der Waals surface area contributed by atoms with Gasteiger partial charge in [-0.05, 0) is 43.0 Å². The van der Waals surface area contributed by atoms with E-state index >= 15 is 0 Å². The fourth-order valence-corrected chi connectivity index (χ4v) is 3.01. The third kappa shape index (κ3) is 2.99. The number of aliphatic hydroxyl groups is 1. The van der Waals surface area contributed by atoms with Gasteiger partial charge in [-0.15, -0.1) is 11.3 Å². The largest absolute Gasteiger partial charge is 0.384 e. The maximum Gasteiger partial charge on any atom is 0.265 e. The first kappa shape index (κ1) is 12.7. The van der Waals surface area contributed by atoms with Crippen LogP contribution in [0.1, 0.15) is 40.9 Å². The van der Waals surface area contributed by atoms with Crippen LogP contribution in [0, 0.1) is 17.8 Å². The van der Waals surface area contributed by atoms with Crippen molar-refractivity contribution in [3.05, 3.63) is 21.9 Å². The molecule has 1 N–H and O–H groups in total. The van der Waals surface area contributed by atoms with Crippen molar-refractivity contribution in [1.29, 1.82) is 0 Å². The van der Waals surface area contributed by atoms with E-state index in [-0.39, 0.29) is 12.5 Å². The van der Waals surface area contributed by atoms with Crippen LogP contribution in [0.2, 0.25) is 0 Å². The van der Waals surface area contributed by atoms with Crippen molar-refractivity contribution in [3.63, 3.8) is 0 Å². The summed E-state index contributed by atoms with van der Waals surface area (Å²) < 4.78 is 0. The molecule has 100 valence electrons. The van der Waals surface area contributed by atoms with Crippen molar-refractivity contribution in [2.45, 2.75) is 31.7 Å². The summed E-state index contributed by atoms with van der Waals surface area (Å²) in [6.45, 7) is 0.742. The molecule has 2 saturated carbocycles. The summed E-state index contributed by atoms with van der Waals surface area (Å²) in [5.74, 6) is 6.34. The Morgan fingerprint density at radius 2 is 2.21 bits per heavy atom. The lowest BCUT2D eigenvalue weighted by Crippen LogP contribution is -2.34. The van der Waals surface area contributed by atoms with Crippen LogP contribution in [0.25, 0.3) is 0 Å². The van der Waals surface area contributed by atoms with Gasteiger partial charge >= 0.3 is 0 Å². The van der Waals surface area contributed by atoms with Gasteiger partial charge in [-0.25, -0.2) is 0 Å². The Balaban J connectivity index is 1.78. The fourth-order valence-electron chi connectivity index (χ4n) is 2.20. The van der Waals surface area contributed by atoms with Crippen LogP contribution in [0.15, 0.2) is 11.4 Å². The topological polar surface area (TPSA) is 40.5 Å². The maximum absolute atomic E-state index is 12.6. The summed E-state index contributed by atoms with van der Waals surface area (Å²) in [6.07, 6.45) is 4.80. The minimum Gasteiger partial charge on any atom is -0.384 e. The van der Waals surface area contributed by atoms with Crippen molar-refractivity contribution in [1.82, 2.24) is 4.90 Å². The van der Waals surface area contributed by atoms with Gasteiger partial charge in [-0.1, -0.05) is 11.8 Å². The van der Waals surface area contributed by atoms with Gasteiger partial charge in [0.25, 0.3) is 5.91 Å². The number of hydrogen-bond donors (Lipinski definition) is 1. The van der Waals surface area contributed by atoms with E-state index in [1.165, 1.54) is 24.2 Å². The van der Waals surface area contributed by atoms with Crippen molar-refractivity contribution in [2.75, 3.05) is 13.2 Å². The van der Waals surface area contributed by atoms with Gasteiger partial charge in [-0.2, -0.15) is 0 Å². The summed E-state index contributed by atoms with van der Waals surface area (Å²) in [7, 11) is 0. The molecule has 0 atom stereocenters. The Kier molecular flexibility index (Phi) is 3.58. The minimum atomic E-state index is -0.169. The van der Waals surface area contributed by atoms with Gasteiger partial charge in [0.1, 0.15) is 11.5 Å². The highest BCUT2D eigenvalue weighted by Crippen LogP contribution is 2.36. The van der Waals surface area contributed by atoms with E-state index in [4.69, 9.17) is 5.11 Å².